The summed E-state index contributed by atoms with van der Waals surface area (Å²) in [6, 6.07) is 9.42. The van der Waals surface area contributed by atoms with E-state index in [4.69, 9.17) is 0 Å². The van der Waals surface area contributed by atoms with Gasteiger partial charge in [-0.05, 0) is 49.7 Å². The van der Waals surface area contributed by atoms with Crippen LogP contribution in [0.3, 0.4) is 0 Å². The van der Waals surface area contributed by atoms with Gasteiger partial charge in [-0.1, -0.05) is 19.1 Å². The molecule has 5 heteroatoms. The van der Waals surface area contributed by atoms with Gasteiger partial charge in [0.05, 0.1) is 10.9 Å². The summed E-state index contributed by atoms with van der Waals surface area (Å²) in [5.74, 6) is 0. The lowest BCUT2D eigenvalue weighted by Gasteiger charge is -2.19. The van der Waals surface area contributed by atoms with Crippen LogP contribution in [-0.4, -0.2) is 21.2 Å². The van der Waals surface area contributed by atoms with E-state index >= 15 is 0 Å². The molecule has 0 spiro atoms. The second-order valence-corrected chi connectivity index (χ2v) is 8.68. The van der Waals surface area contributed by atoms with Gasteiger partial charge in [0.1, 0.15) is 0 Å². The van der Waals surface area contributed by atoms with Gasteiger partial charge in [0, 0.05) is 16.0 Å². The topological polar surface area (TPSA) is 46.2 Å². The van der Waals surface area contributed by atoms with Crippen LogP contribution in [0.5, 0.6) is 0 Å². The molecule has 0 bridgehead atoms. The highest BCUT2D eigenvalue weighted by Gasteiger charge is 2.18. The molecule has 0 radical (unpaired) electrons. The summed E-state index contributed by atoms with van der Waals surface area (Å²) in [7, 11) is -3.19. The molecule has 0 aliphatic heterocycles. The van der Waals surface area contributed by atoms with E-state index in [-0.39, 0.29) is 6.04 Å². The highest BCUT2D eigenvalue weighted by molar-refractivity contribution is 7.90. The third kappa shape index (κ3) is 3.73. The monoisotopic (exact) mass is 323 g/mol. The maximum Gasteiger partial charge on any atom is 0.175 e. The summed E-state index contributed by atoms with van der Waals surface area (Å²) in [5, 5.41) is 3.46. The van der Waals surface area contributed by atoms with Crippen molar-refractivity contribution in [2.75, 3.05) is 12.8 Å². The second kappa shape index (κ2) is 6.30. The molecule has 1 atom stereocenters. The molecule has 0 aliphatic carbocycles. The van der Waals surface area contributed by atoms with Crippen molar-refractivity contribution in [1.82, 2.24) is 5.32 Å². The van der Waals surface area contributed by atoms with Crippen LogP contribution >= 0.6 is 11.3 Å². The minimum atomic E-state index is -3.19. The molecule has 1 aromatic heterocycles. The van der Waals surface area contributed by atoms with Crippen LogP contribution in [0.25, 0.3) is 0 Å². The number of nitrogens with one attached hydrogen (secondary N) is 1. The van der Waals surface area contributed by atoms with Crippen LogP contribution in [0.15, 0.2) is 35.2 Å². The van der Waals surface area contributed by atoms with Gasteiger partial charge in [-0.2, -0.15) is 0 Å². The summed E-state index contributed by atoms with van der Waals surface area (Å²) < 4.78 is 23.5. The number of hydrogen-bond acceptors (Lipinski definition) is 4. The smallest absolute Gasteiger partial charge is 0.175 e. The first-order chi connectivity index (χ1) is 9.82. The molecule has 1 unspecified atom stereocenters. The quantitative estimate of drug-likeness (QED) is 0.916. The molecule has 1 N–H and O–H groups in total. The zero-order chi connectivity index (χ0) is 15.6. The maximum absolute atomic E-state index is 11.8. The molecule has 2 rings (SSSR count). The van der Waals surface area contributed by atoms with E-state index in [1.165, 1.54) is 21.6 Å². The lowest BCUT2D eigenvalue weighted by atomic mass is 9.99. The highest BCUT2D eigenvalue weighted by atomic mass is 32.2. The van der Waals surface area contributed by atoms with Crippen molar-refractivity contribution in [1.29, 1.82) is 0 Å². The van der Waals surface area contributed by atoms with Crippen LogP contribution < -0.4 is 5.32 Å². The molecule has 21 heavy (non-hydrogen) atoms. The molecule has 0 saturated carbocycles. The zero-order valence-electron chi connectivity index (χ0n) is 12.8. The summed E-state index contributed by atoms with van der Waals surface area (Å²) in [4.78, 5) is 2.90. The number of thiophene rings is 1. The Hall–Kier alpha value is -1.17. The average Bonchev–Trinajstić information content (AvgIpc) is 2.74. The largest absolute Gasteiger partial charge is 0.306 e. The van der Waals surface area contributed by atoms with Gasteiger partial charge >= 0.3 is 0 Å². The molecule has 1 heterocycles. The molecule has 1 aromatic carbocycles. The Morgan fingerprint density at radius 1 is 1.24 bits per heavy atom. The number of hydrogen-bond donors (Lipinski definition) is 1. The molecule has 0 aliphatic rings. The first-order valence-electron chi connectivity index (χ1n) is 6.93. The standard InChI is InChI=1S/C16H21NO2S2/c1-5-17-16(15-9-11(2)20-12(15)3)13-7-6-8-14(10-13)21(4,18)19/h6-10,16-17H,5H2,1-4H3. The van der Waals surface area contributed by atoms with Crippen LogP contribution in [0.2, 0.25) is 0 Å². The first kappa shape index (κ1) is 16.2. The highest BCUT2D eigenvalue weighted by Crippen LogP contribution is 2.31. The Bertz CT molecular complexity index is 732. The number of aryl methyl sites for hydroxylation is 2. The van der Waals surface area contributed by atoms with Crippen molar-refractivity contribution in [2.24, 2.45) is 0 Å². The predicted octanol–water partition coefficient (Wildman–Crippen LogP) is 3.47. The van der Waals surface area contributed by atoms with Crippen molar-refractivity contribution in [3.8, 4) is 0 Å². The van der Waals surface area contributed by atoms with E-state index in [0.717, 1.165) is 12.1 Å². The van der Waals surface area contributed by atoms with Gasteiger partial charge < -0.3 is 5.32 Å². The molecule has 0 fully saturated rings. The van der Waals surface area contributed by atoms with Crippen molar-refractivity contribution in [3.63, 3.8) is 0 Å². The van der Waals surface area contributed by atoms with Gasteiger partial charge in [0.2, 0.25) is 0 Å². The van der Waals surface area contributed by atoms with Gasteiger partial charge in [0.15, 0.2) is 9.84 Å². The fraction of sp³-hybridized carbons (Fsp3) is 0.375. The van der Waals surface area contributed by atoms with E-state index in [0.29, 0.717) is 4.90 Å². The van der Waals surface area contributed by atoms with E-state index in [1.807, 2.05) is 12.1 Å². The van der Waals surface area contributed by atoms with Crippen LogP contribution in [-0.2, 0) is 9.84 Å². The van der Waals surface area contributed by atoms with E-state index in [9.17, 15) is 8.42 Å². The van der Waals surface area contributed by atoms with E-state index in [2.05, 4.69) is 32.2 Å². The summed E-state index contributed by atoms with van der Waals surface area (Å²) in [6.07, 6.45) is 1.24. The lowest BCUT2D eigenvalue weighted by Crippen LogP contribution is -2.22. The molecule has 3 nitrogen and oxygen atoms in total. The Morgan fingerprint density at radius 2 is 1.95 bits per heavy atom. The Morgan fingerprint density at radius 3 is 2.48 bits per heavy atom. The third-order valence-corrected chi connectivity index (χ3v) is 5.51. The SMILES string of the molecule is CCNC(c1cccc(S(C)(=O)=O)c1)c1cc(C)sc1C. The van der Waals surface area contributed by atoms with Gasteiger partial charge in [-0.3, -0.25) is 0 Å². The molecule has 114 valence electrons. The van der Waals surface area contributed by atoms with Crippen LogP contribution in [0.4, 0.5) is 0 Å². The van der Waals surface area contributed by atoms with E-state index in [1.54, 1.807) is 23.5 Å². The summed E-state index contributed by atoms with van der Waals surface area (Å²) in [6.45, 7) is 7.08. The number of benzene rings is 1. The molecule has 0 amide bonds. The first-order valence-corrected chi connectivity index (χ1v) is 9.64. The second-order valence-electron chi connectivity index (χ2n) is 5.20. The Balaban J connectivity index is 2.51. The third-order valence-electron chi connectivity index (χ3n) is 3.42. The normalized spacial score (nSPS) is 13.3. The van der Waals surface area contributed by atoms with Crippen molar-refractivity contribution >= 4 is 21.2 Å². The van der Waals surface area contributed by atoms with Crippen LogP contribution in [0.1, 0.15) is 33.8 Å². The zero-order valence-corrected chi connectivity index (χ0v) is 14.4. The number of sulfone groups is 1. The fourth-order valence-electron chi connectivity index (χ4n) is 2.47. The van der Waals surface area contributed by atoms with Crippen molar-refractivity contribution in [2.45, 2.75) is 31.7 Å². The fourth-order valence-corrected chi connectivity index (χ4v) is 4.11. The van der Waals surface area contributed by atoms with Gasteiger partial charge in [-0.15, -0.1) is 11.3 Å². The number of rotatable bonds is 5. The Labute approximate surface area is 130 Å². The maximum atomic E-state index is 11.8. The predicted molar refractivity (Wildman–Crippen MR) is 88.9 cm³/mol. The molecule has 2 aromatic rings. The molecule has 0 saturated heterocycles. The van der Waals surface area contributed by atoms with E-state index < -0.39 is 9.84 Å². The summed E-state index contributed by atoms with van der Waals surface area (Å²) >= 11 is 1.77. The molecular weight excluding hydrogens is 302 g/mol. The average molecular weight is 323 g/mol. The molecular formula is C16H21NO2S2. The van der Waals surface area contributed by atoms with Crippen molar-refractivity contribution < 1.29 is 8.42 Å². The van der Waals surface area contributed by atoms with Crippen molar-refractivity contribution in [3.05, 3.63) is 51.2 Å². The Kier molecular flexibility index (Phi) is 4.86. The van der Waals surface area contributed by atoms with Gasteiger partial charge in [-0.25, -0.2) is 8.42 Å². The van der Waals surface area contributed by atoms with Gasteiger partial charge in [0.25, 0.3) is 0 Å². The van der Waals surface area contributed by atoms with Crippen LogP contribution in [0, 0.1) is 13.8 Å². The minimum absolute atomic E-state index is 0.0293. The summed E-state index contributed by atoms with van der Waals surface area (Å²) in [5.41, 5.74) is 2.21. The lowest BCUT2D eigenvalue weighted by molar-refractivity contribution is 0.600. The minimum Gasteiger partial charge on any atom is -0.306 e.